The third-order valence-electron chi connectivity index (χ3n) is 2.83. The van der Waals surface area contributed by atoms with Gasteiger partial charge in [0.1, 0.15) is 0 Å². The highest BCUT2D eigenvalue weighted by molar-refractivity contribution is 7.88. The minimum Gasteiger partial charge on any atom is -0.481 e. The van der Waals surface area contributed by atoms with Crippen LogP contribution in [0.3, 0.4) is 0 Å². The number of sulfonamides is 1. The van der Waals surface area contributed by atoms with Gasteiger partial charge in [-0.2, -0.15) is 0 Å². The molecule has 0 aromatic carbocycles. The average Bonchev–Trinajstić information content (AvgIpc) is 2.14. The third kappa shape index (κ3) is 4.17. The summed E-state index contributed by atoms with van der Waals surface area (Å²) in [5.41, 5.74) is 0. The number of carboxylic acid groups (broad SMARTS) is 1. The number of nitrogens with one attached hydrogen (secondary N) is 1. The molecule has 88 valence electrons. The maximum Gasteiger partial charge on any atom is 0.306 e. The van der Waals surface area contributed by atoms with Crippen LogP contribution in [0.15, 0.2) is 0 Å². The number of hydrogen-bond donors (Lipinski definition) is 2. The first-order chi connectivity index (χ1) is 6.90. The van der Waals surface area contributed by atoms with Crippen molar-refractivity contribution in [1.29, 1.82) is 0 Å². The second-order valence-corrected chi connectivity index (χ2v) is 5.94. The second kappa shape index (κ2) is 4.94. The summed E-state index contributed by atoms with van der Waals surface area (Å²) >= 11 is 0. The summed E-state index contributed by atoms with van der Waals surface area (Å²) in [5.74, 6) is -1.27. The molecule has 0 radical (unpaired) electrons. The average molecular weight is 235 g/mol. The Balaban J connectivity index is 2.54. The first-order valence-corrected chi connectivity index (χ1v) is 6.97. The molecule has 1 saturated carbocycles. The molecule has 5 nitrogen and oxygen atoms in total. The Morgan fingerprint density at radius 2 is 2.00 bits per heavy atom. The summed E-state index contributed by atoms with van der Waals surface area (Å²) in [4.78, 5) is 10.9. The van der Waals surface area contributed by atoms with Crippen LogP contribution >= 0.6 is 0 Å². The van der Waals surface area contributed by atoms with Crippen LogP contribution < -0.4 is 4.72 Å². The smallest absolute Gasteiger partial charge is 0.306 e. The van der Waals surface area contributed by atoms with E-state index in [9.17, 15) is 13.2 Å². The van der Waals surface area contributed by atoms with E-state index in [4.69, 9.17) is 5.11 Å². The Bertz CT molecular complexity index is 325. The van der Waals surface area contributed by atoms with Crippen LogP contribution in [0.1, 0.15) is 25.7 Å². The van der Waals surface area contributed by atoms with Crippen molar-refractivity contribution in [3.05, 3.63) is 0 Å². The van der Waals surface area contributed by atoms with Gasteiger partial charge in [-0.15, -0.1) is 0 Å². The van der Waals surface area contributed by atoms with Crippen molar-refractivity contribution >= 4 is 16.0 Å². The lowest BCUT2D eigenvalue weighted by Crippen LogP contribution is -2.36. The van der Waals surface area contributed by atoms with E-state index in [1.807, 2.05) is 0 Å². The van der Waals surface area contributed by atoms with Crippen molar-refractivity contribution in [1.82, 2.24) is 4.72 Å². The molecule has 1 fully saturated rings. The lowest BCUT2D eigenvalue weighted by atomic mass is 9.79. The molecule has 0 bridgehead atoms. The van der Waals surface area contributed by atoms with Gasteiger partial charge >= 0.3 is 5.97 Å². The molecule has 1 rings (SSSR count). The predicted octanol–water partition coefficient (Wildman–Crippen LogP) is 0.427. The highest BCUT2D eigenvalue weighted by Gasteiger charge is 2.30. The number of aliphatic carboxylic acids is 1. The molecule has 2 N–H and O–H groups in total. The summed E-state index contributed by atoms with van der Waals surface area (Å²) in [7, 11) is -3.22. The monoisotopic (exact) mass is 235 g/mol. The van der Waals surface area contributed by atoms with Gasteiger partial charge in [0.05, 0.1) is 12.2 Å². The topological polar surface area (TPSA) is 83.5 Å². The third-order valence-corrected chi connectivity index (χ3v) is 3.53. The molecule has 0 aromatic heterocycles. The van der Waals surface area contributed by atoms with E-state index in [0.717, 1.165) is 25.5 Å². The largest absolute Gasteiger partial charge is 0.481 e. The fraction of sp³-hybridized carbons (Fsp3) is 0.889. The Morgan fingerprint density at radius 3 is 2.53 bits per heavy atom. The zero-order valence-corrected chi connectivity index (χ0v) is 9.59. The SMILES string of the molecule is CS(=O)(=O)NC[C@@H]1CCCC[C@@H]1C(=O)O. The molecule has 0 unspecified atom stereocenters. The van der Waals surface area contributed by atoms with Crippen molar-refractivity contribution in [2.45, 2.75) is 25.7 Å². The lowest BCUT2D eigenvalue weighted by molar-refractivity contribution is -0.144. The standard InChI is InChI=1S/C9H17NO4S/c1-15(13,14)10-6-7-4-2-3-5-8(7)9(11)12/h7-8,10H,2-6H2,1H3,(H,11,12)/t7-,8-/m0/s1. The number of carbonyl (C=O) groups is 1. The fourth-order valence-electron chi connectivity index (χ4n) is 2.04. The zero-order chi connectivity index (χ0) is 11.5. The summed E-state index contributed by atoms with van der Waals surface area (Å²) in [6, 6.07) is 0. The highest BCUT2D eigenvalue weighted by Crippen LogP contribution is 2.29. The van der Waals surface area contributed by atoms with Crippen molar-refractivity contribution in [3.63, 3.8) is 0 Å². The Kier molecular flexibility index (Phi) is 4.10. The van der Waals surface area contributed by atoms with Gasteiger partial charge in [0.25, 0.3) is 0 Å². The molecule has 1 aliphatic rings. The molecule has 2 atom stereocenters. The Labute approximate surface area is 89.9 Å². The number of carboxylic acids is 1. The molecular formula is C9H17NO4S. The van der Waals surface area contributed by atoms with E-state index in [1.54, 1.807) is 0 Å². The van der Waals surface area contributed by atoms with Gasteiger partial charge in [0.2, 0.25) is 10.0 Å². The summed E-state index contributed by atoms with van der Waals surface area (Å²) in [6.45, 7) is 0.246. The predicted molar refractivity (Wildman–Crippen MR) is 55.9 cm³/mol. The second-order valence-electron chi connectivity index (χ2n) is 4.11. The van der Waals surface area contributed by atoms with Gasteiger partial charge in [-0.3, -0.25) is 4.79 Å². The molecule has 0 saturated heterocycles. The van der Waals surface area contributed by atoms with E-state index in [0.29, 0.717) is 6.42 Å². The van der Waals surface area contributed by atoms with E-state index < -0.39 is 21.9 Å². The van der Waals surface area contributed by atoms with Gasteiger partial charge in [-0.05, 0) is 18.8 Å². The summed E-state index contributed by atoms with van der Waals surface area (Å²) in [6.07, 6.45) is 4.45. The summed E-state index contributed by atoms with van der Waals surface area (Å²) in [5, 5.41) is 8.96. The van der Waals surface area contributed by atoms with E-state index in [-0.39, 0.29) is 12.5 Å². The highest BCUT2D eigenvalue weighted by atomic mass is 32.2. The van der Waals surface area contributed by atoms with E-state index >= 15 is 0 Å². The van der Waals surface area contributed by atoms with Crippen molar-refractivity contribution < 1.29 is 18.3 Å². The number of hydrogen-bond acceptors (Lipinski definition) is 3. The normalized spacial score (nSPS) is 27.5. The van der Waals surface area contributed by atoms with Gasteiger partial charge in [0.15, 0.2) is 0 Å². The molecule has 0 heterocycles. The van der Waals surface area contributed by atoms with Crippen molar-refractivity contribution in [2.75, 3.05) is 12.8 Å². The van der Waals surface area contributed by atoms with Gasteiger partial charge in [-0.25, -0.2) is 13.1 Å². The van der Waals surface area contributed by atoms with E-state index in [2.05, 4.69) is 4.72 Å². The van der Waals surface area contributed by atoms with Crippen LogP contribution in [0.4, 0.5) is 0 Å². The summed E-state index contributed by atoms with van der Waals surface area (Å²) < 4.78 is 24.2. The molecule has 0 aliphatic heterocycles. The molecule has 1 aliphatic carbocycles. The van der Waals surface area contributed by atoms with Crippen LogP contribution in [-0.4, -0.2) is 32.3 Å². The minimum absolute atomic E-state index is 0.0639. The Hall–Kier alpha value is -0.620. The van der Waals surface area contributed by atoms with Crippen LogP contribution in [-0.2, 0) is 14.8 Å². The lowest BCUT2D eigenvalue weighted by Gasteiger charge is -2.28. The molecule has 0 aromatic rings. The van der Waals surface area contributed by atoms with Crippen LogP contribution in [0, 0.1) is 11.8 Å². The van der Waals surface area contributed by atoms with Crippen molar-refractivity contribution in [3.8, 4) is 0 Å². The van der Waals surface area contributed by atoms with Gasteiger partial charge in [0, 0.05) is 6.54 Å². The molecular weight excluding hydrogens is 218 g/mol. The van der Waals surface area contributed by atoms with Crippen LogP contribution in [0.25, 0.3) is 0 Å². The first kappa shape index (κ1) is 12.4. The molecule has 6 heteroatoms. The van der Waals surface area contributed by atoms with Crippen LogP contribution in [0.5, 0.6) is 0 Å². The molecule has 15 heavy (non-hydrogen) atoms. The quantitative estimate of drug-likeness (QED) is 0.740. The van der Waals surface area contributed by atoms with Crippen LogP contribution in [0.2, 0.25) is 0 Å². The maximum atomic E-state index is 10.9. The molecule has 0 spiro atoms. The van der Waals surface area contributed by atoms with Crippen molar-refractivity contribution in [2.24, 2.45) is 11.8 Å². The zero-order valence-electron chi connectivity index (χ0n) is 8.77. The number of rotatable bonds is 4. The van der Waals surface area contributed by atoms with Gasteiger partial charge < -0.3 is 5.11 Å². The first-order valence-electron chi connectivity index (χ1n) is 5.07. The molecule has 0 amide bonds. The minimum atomic E-state index is -3.22. The van der Waals surface area contributed by atoms with Gasteiger partial charge in [-0.1, -0.05) is 12.8 Å². The maximum absolute atomic E-state index is 10.9. The van der Waals surface area contributed by atoms with E-state index in [1.165, 1.54) is 0 Å². The Morgan fingerprint density at radius 1 is 1.40 bits per heavy atom. The fourth-order valence-corrected chi connectivity index (χ4v) is 2.55.